The van der Waals surface area contributed by atoms with Crippen LogP contribution in [-0.4, -0.2) is 29.1 Å². The van der Waals surface area contributed by atoms with Crippen molar-refractivity contribution in [2.24, 2.45) is 11.7 Å². The quantitative estimate of drug-likeness (QED) is 0.613. The lowest BCUT2D eigenvalue weighted by molar-refractivity contribution is -0.143. The van der Waals surface area contributed by atoms with Gasteiger partial charge in [-0.1, -0.05) is 19.3 Å². The van der Waals surface area contributed by atoms with E-state index in [-0.39, 0.29) is 11.9 Å². The summed E-state index contributed by atoms with van der Waals surface area (Å²) in [6.07, 6.45) is 4.29. The molecule has 0 aromatic rings. The third-order valence-electron chi connectivity index (χ3n) is 3.07. The molecule has 1 aliphatic carbocycles. The summed E-state index contributed by atoms with van der Waals surface area (Å²) in [5, 5.41) is 11.8. The molecule has 0 aliphatic heterocycles. The maximum atomic E-state index is 11.5. The summed E-state index contributed by atoms with van der Waals surface area (Å²) >= 11 is 0. The Morgan fingerprint density at radius 1 is 1.31 bits per heavy atom. The number of carboxylic acids is 1. The zero-order valence-electron chi connectivity index (χ0n) is 9.61. The molecule has 1 amide bonds. The fourth-order valence-electron chi connectivity index (χ4n) is 2.09. The molecule has 1 fully saturated rings. The van der Waals surface area contributed by atoms with Crippen molar-refractivity contribution in [1.29, 1.82) is 0 Å². The summed E-state index contributed by atoms with van der Waals surface area (Å²) in [4.78, 5) is 22.5. The number of carbonyl (C=O) groups excluding carboxylic acids is 1. The zero-order chi connectivity index (χ0) is 12.1. The summed E-state index contributed by atoms with van der Waals surface area (Å²) in [5.41, 5.74) is 5.45. The fourth-order valence-corrected chi connectivity index (χ4v) is 2.09. The number of nitrogens with two attached hydrogens (primary N) is 1. The van der Waals surface area contributed by atoms with E-state index in [9.17, 15) is 9.59 Å². The maximum absolute atomic E-state index is 11.5. The van der Waals surface area contributed by atoms with E-state index < -0.39 is 17.9 Å². The molecule has 0 bridgehead atoms. The minimum absolute atomic E-state index is 0.265. The minimum atomic E-state index is -0.822. The monoisotopic (exact) mass is 228 g/mol. The average Bonchev–Trinajstić information content (AvgIpc) is 2.42. The van der Waals surface area contributed by atoms with Gasteiger partial charge in [0.15, 0.2) is 0 Å². The molecule has 1 aliphatic rings. The Bertz CT molecular complexity index is 266. The van der Waals surface area contributed by atoms with Crippen molar-refractivity contribution in [2.45, 2.75) is 51.1 Å². The molecule has 92 valence electrons. The van der Waals surface area contributed by atoms with Crippen LogP contribution in [-0.2, 0) is 9.59 Å². The van der Waals surface area contributed by atoms with Crippen LogP contribution < -0.4 is 11.1 Å². The van der Waals surface area contributed by atoms with Gasteiger partial charge in [-0.05, 0) is 19.8 Å². The average molecular weight is 228 g/mol. The van der Waals surface area contributed by atoms with Gasteiger partial charge in [0.25, 0.3) is 0 Å². The van der Waals surface area contributed by atoms with Crippen LogP contribution in [0.1, 0.15) is 39.0 Å². The van der Waals surface area contributed by atoms with Crippen LogP contribution >= 0.6 is 0 Å². The largest absolute Gasteiger partial charge is 0.481 e. The van der Waals surface area contributed by atoms with Crippen molar-refractivity contribution in [3.63, 3.8) is 0 Å². The van der Waals surface area contributed by atoms with Crippen LogP contribution in [0.15, 0.2) is 0 Å². The van der Waals surface area contributed by atoms with Crippen molar-refractivity contribution < 1.29 is 14.7 Å². The maximum Gasteiger partial charge on any atom is 0.308 e. The Balaban J connectivity index is 2.64. The van der Waals surface area contributed by atoms with Crippen LogP contribution in [0.5, 0.6) is 0 Å². The fraction of sp³-hybridized carbons (Fsp3) is 0.818. The molecule has 1 rings (SSSR count). The Morgan fingerprint density at radius 3 is 2.50 bits per heavy atom. The van der Waals surface area contributed by atoms with Crippen LogP contribution in [0, 0.1) is 5.92 Å². The van der Waals surface area contributed by atoms with Crippen molar-refractivity contribution in [2.75, 3.05) is 0 Å². The third kappa shape index (κ3) is 3.48. The van der Waals surface area contributed by atoms with Crippen molar-refractivity contribution in [3.05, 3.63) is 0 Å². The first kappa shape index (κ1) is 13.0. The summed E-state index contributed by atoms with van der Waals surface area (Å²) in [6, 6.07) is -0.851. The molecule has 0 radical (unpaired) electrons. The number of carbonyl (C=O) groups is 2. The van der Waals surface area contributed by atoms with Gasteiger partial charge >= 0.3 is 5.97 Å². The van der Waals surface area contributed by atoms with Gasteiger partial charge in [-0.15, -0.1) is 0 Å². The van der Waals surface area contributed by atoms with Crippen molar-refractivity contribution in [1.82, 2.24) is 5.32 Å². The van der Waals surface area contributed by atoms with Crippen LogP contribution in [0.3, 0.4) is 0 Å². The molecular weight excluding hydrogens is 208 g/mol. The summed E-state index contributed by atoms with van der Waals surface area (Å²) < 4.78 is 0. The molecule has 0 spiro atoms. The summed E-state index contributed by atoms with van der Waals surface area (Å²) in [7, 11) is 0. The van der Waals surface area contributed by atoms with E-state index in [4.69, 9.17) is 10.8 Å². The number of amides is 1. The molecule has 0 heterocycles. The second-order valence-electron chi connectivity index (χ2n) is 4.49. The number of hydrogen-bond acceptors (Lipinski definition) is 3. The first-order chi connectivity index (χ1) is 7.52. The highest BCUT2D eigenvalue weighted by atomic mass is 16.4. The first-order valence-corrected chi connectivity index (χ1v) is 5.81. The van der Waals surface area contributed by atoms with Gasteiger partial charge in [0.2, 0.25) is 5.91 Å². The first-order valence-electron chi connectivity index (χ1n) is 5.81. The summed E-state index contributed by atoms with van der Waals surface area (Å²) in [6.45, 7) is 1.60. The van der Waals surface area contributed by atoms with E-state index in [1.807, 2.05) is 0 Å². The lowest BCUT2D eigenvalue weighted by atomic mass is 9.94. The Hall–Kier alpha value is -1.10. The zero-order valence-corrected chi connectivity index (χ0v) is 9.61. The molecule has 4 N–H and O–H groups in total. The molecule has 1 saturated carbocycles. The van der Waals surface area contributed by atoms with Gasteiger partial charge < -0.3 is 16.2 Å². The molecule has 2 unspecified atom stereocenters. The van der Waals surface area contributed by atoms with Gasteiger partial charge in [0, 0.05) is 6.04 Å². The smallest absolute Gasteiger partial charge is 0.308 e. The molecular formula is C11H20N2O3. The van der Waals surface area contributed by atoms with E-state index in [1.165, 1.54) is 0 Å². The predicted octanol–water partition coefficient (Wildman–Crippen LogP) is 0.483. The molecule has 16 heavy (non-hydrogen) atoms. The van der Waals surface area contributed by atoms with Gasteiger partial charge in [-0.2, -0.15) is 0 Å². The highest BCUT2D eigenvalue weighted by molar-refractivity contribution is 5.82. The summed E-state index contributed by atoms with van der Waals surface area (Å²) in [5.74, 6) is -1.56. The Kier molecular flexibility index (Phi) is 4.73. The van der Waals surface area contributed by atoms with Crippen molar-refractivity contribution >= 4 is 11.9 Å². The van der Waals surface area contributed by atoms with E-state index >= 15 is 0 Å². The molecule has 3 atom stereocenters. The van der Waals surface area contributed by atoms with E-state index in [1.54, 1.807) is 6.92 Å². The van der Waals surface area contributed by atoms with Crippen LogP contribution in [0.4, 0.5) is 0 Å². The lowest BCUT2D eigenvalue weighted by Gasteiger charge is -2.23. The number of carboxylic acid groups (broad SMARTS) is 1. The Labute approximate surface area is 95.4 Å². The van der Waals surface area contributed by atoms with E-state index in [0.717, 1.165) is 25.7 Å². The Morgan fingerprint density at radius 2 is 1.94 bits per heavy atom. The second kappa shape index (κ2) is 5.84. The molecule has 5 nitrogen and oxygen atoms in total. The lowest BCUT2D eigenvalue weighted by Crippen LogP contribution is -2.48. The van der Waals surface area contributed by atoms with Gasteiger partial charge in [0.1, 0.15) is 0 Å². The number of nitrogens with one attached hydrogen (secondary N) is 1. The van der Waals surface area contributed by atoms with Gasteiger partial charge in [-0.25, -0.2) is 0 Å². The van der Waals surface area contributed by atoms with Gasteiger partial charge in [-0.3, -0.25) is 9.59 Å². The predicted molar refractivity (Wildman–Crippen MR) is 59.8 cm³/mol. The van der Waals surface area contributed by atoms with E-state index in [0.29, 0.717) is 6.42 Å². The number of aliphatic carboxylic acids is 1. The highest BCUT2D eigenvalue weighted by Gasteiger charge is 2.30. The topological polar surface area (TPSA) is 92.4 Å². The molecule has 0 aromatic heterocycles. The second-order valence-corrected chi connectivity index (χ2v) is 4.49. The third-order valence-corrected chi connectivity index (χ3v) is 3.07. The van der Waals surface area contributed by atoms with Crippen molar-refractivity contribution in [3.8, 4) is 0 Å². The number of hydrogen-bond donors (Lipinski definition) is 3. The molecule has 0 aromatic carbocycles. The molecule has 0 saturated heterocycles. The number of rotatable bonds is 3. The SMILES string of the molecule is C[C@@H](N)C(=O)NC1CCCCCC1C(=O)O. The van der Waals surface area contributed by atoms with E-state index in [2.05, 4.69) is 5.32 Å². The molecule has 5 heteroatoms. The normalized spacial score (nSPS) is 27.9. The van der Waals surface area contributed by atoms with Gasteiger partial charge in [0.05, 0.1) is 12.0 Å². The highest BCUT2D eigenvalue weighted by Crippen LogP contribution is 2.23. The van der Waals surface area contributed by atoms with Crippen LogP contribution in [0.25, 0.3) is 0 Å². The van der Waals surface area contributed by atoms with Crippen LogP contribution in [0.2, 0.25) is 0 Å². The minimum Gasteiger partial charge on any atom is -0.481 e. The standard InChI is InChI=1S/C11H20N2O3/c1-7(12)10(14)13-9-6-4-2-3-5-8(9)11(15)16/h7-9H,2-6,12H2,1H3,(H,13,14)(H,15,16)/t7-,8?,9?/m1/s1.